The number of hydrogen-bond donors (Lipinski definition) is 0. The smallest absolute Gasteiger partial charge is 0.269 e. The van der Waals surface area contributed by atoms with Gasteiger partial charge >= 0.3 is 0 Å². The summed E-state index contributed by atoms with van der Waals surface area (Å²) in [6, 6.07) is 11.0. The maximum Gasteiger partial charge on any atom is 0.269 e. The fourth-order valence-corrected chi connectivity index (χ4v) is 3.61. The van der Waals surface area contributed by atoms with Crippen molar-refractivity contribution in [3.8, 4) is 28.8 Å². The van der Waals surface area contributed by atoms with E-state index < -0.39 is 10.7 Å². The lowest BCUT2D eigenvalue weighted by Crippen LogP contribution is -2.13. The first-order chi connectivity index (χ1) is 14.5. The first kappa shape index (κ1) is 19.1. The Kier molecular flexibility index (Phi) is 4.68. The van der Waals surface area contributed by atoms with Gasteiger partial charge in [0.1, 0.15) is 11.6 Å². The highest BCUT2D eigenvalue weighted by Crippen LogP contribution is 2.40. The Morgan fingerprint density at radius 1 is 1.20 bits per heavy atom. The van der Waals surface area contributed by atoms with Crippen molar-refractivity contribution >= 4 is 11.5 Å². The van der Waals surface area contributed by atoms with Gasteiger partial charge in [-0.1, -0.05) is 0 Å². The fourth-order valence-electron chi connectivity index (χ4n) is 3.61. The van der Waals surface area contributed by atoms with E-state index in [-0.39, 0.29) is 22.5 Å². The molecule has 0 aliphatic carbocycles. The second-order valence-corrected chi connectivity index (χ2v) is 6.65. The normalized spacial score (nSPS) is 11.8. The molecule has 9 nitrogen and oxygen atoms in total. The predicted molar refractivity (Wildman–Crippen MR) is 106 cm³/mol. The lowest BCUT2D eigenvalue weighted by atomic mass is 9.94. The van der Waals surface area contributed by atoms with E-state index in [0.717, 1.165) is 11.1 Å². The quantitative estimate of drug-likeness (QED) is 0.364. The molecule has 0 bridgehead atoms. The van der Waals surface area contributed by atoms with Crippen LogP contribution in [0.15, 0.2) is 36.4 Å². The Morgan fingerprint density at radius 2 is 1.87 bits per heavy atom. The summed E-state index contributed by atoms with van der Waals surface area (Å²) in [6.07, 6.45) is 0.653. The Morgan fingerprint density at radius 3 is 2.47 bits per heavy atom. The SMILES string of the molecule is COc1cc2c(cc1OC)-c1c(C#N)c(C(=O)c3ccc([N+](=O)[O-])cc3)nn1CC2. The highest BCUT2D eigenvalue weighted by Gasteiger charge is 2.29. The molecular formula is C21H16N4O5. The number of nitriles is 1. The third-order valence-corrected chi connectivity index (χ3v) is 5.08. The number of ether oxygens (including phenoxy) is 2. The zero-order valence-corrected chi connectivity index (χ0v) is 16.2. The number of nitrogens with zero attached hydrogens (tertiary/aromatic N) is 4. The van der Waals surface area contributed by atoms with Gasteiger partial charge in [-0.2, -0.15) is 10.4 Å². The van der Waals surface area contributed by atoms with Crippen LogP contribution in [0.5, 0.6) is 11.5 Å². The second-order valence-electron chi connectivity index (χ2n) is 6.65. The number of benzene rings is 2. The van der Waals surface area contributed by atoms with Crippen molar-refractivity contribution in [1.82, 2.24) is 9.78 Å². The molecule has 150 valence electrons. The standard InChI is InChI=1S/C21H16N4O5/c1-29-17-9-13-7-8-24-20(15(13)10-18(17)30-2)16(11-22)19(23-24)21(26)12-3-5-14(6-4-12)25(27)28/h3-6,9-10H,7-8H2,1-2H3. The summed E-state index contributed by atoms with van der Waals surface area (Å²) in [5.74, 6) is 0.633. The first-order valence-corrected chi connectivity index (χ1v) is 9.03. The molecule has 0 fully saturated rings. The Hall–Kier alpha value is -4.19. The van der Waals surface area contributed by atoms with Gasteiger partial charge < -0.3 is 9.47 Å². The Bertz CT molecular complexity index is 1220. The molecule has 0 spiro atoms. The average Bonchev–Trinajstić information content (AvgIpc) is 3.16. The number of aromatic nitrogens is 2. The van der Waals surface area contributed by atoms with Gasteiger partial charge in [0, 0.05) is 29.8 Å². The molecule has 0 N–H and O–H groups in total. The fraction of sp³-hybridized carbons (Fsp3) is 0.190. The minimum atomic E-state index is -0.539. The zero-order chi connectivity index (χ0) is 21.4. The number of hydrogen-bond acceptors (Lipinski definition) is 7. The van der Waals surface area contributed by atoms with Crippen molar-refractivity contribution in [2.45, 2.75) is 13.0 Å². The molecule has 0 amide bonds. The minimum Gasteiger partial charge on any atom is -0.493 e. The molecule has 2 aromatic carbocycles. The van der Waals surface area contributed by atoms with Crippen molar-refractivity contribution in [3.05, 3.63) is 68.9 Å². The third kappa shape index (κ3) is 2.95. The van der Waals surface area contributed by atoms with Gasteiger partial charge in [-0.3, -0.25) is 19.6 Å². The highest BCUT2D eigenvalue weighted by atomic mass is 16.6. The van der Waals surface area contributed by atoms with Crippen LogP contribution in [0.1, 0.15) is 27.2 Å². The molecule has 0 saturated carbocycles. The molecule has 30 heavy (non-hydrogen) atoms. The van der Waals surface area contributed by atoms with E-state index in [0.29, 0.717) is 30.2 Å². The number of rotatable bonds is 5. The number of nitro benzene ring substituents is 1. The van der Waals surface area contributed by atoms with Crippen LogP contribution in [0.2, 0.25) is 0 Å². The van der Waals surface area contributed by atoms with Crippen molar-refractivity contribution in [2.24, 2.45) is 0 Å². The summed E-state index contributed by atoms with van der Waals surface area (Å²) in [5, 5.41) is 25.1. The number of non-ortho nitro benzene ring substituents is 1. The van der Waals surface area contributed by atoms with Gasteiger partial charge in [-0.15, -0.1) is 0 Å². The monoisotopic (exact) mass is 404 g/mol. The number of aryl methyl sites for hydroxylation is 2. The van der Waals surface area contributed by atoms with Gasteiger partial charge in [0.2, 0.25) is 5.78 Å². The van der Waals surface area contributed by atoms with Gasteiger partial charge in [0.05, 0.1) is 24.8 Å². The molecule has 1 aliphatic heterocycles. The molecule has 0 saturated heterocycles. The van der Waals surface area contributed by atoms with Crippen LogP contribution in [-0.4, -0.2) is 34.7 Å². The van der Waals surface area contributed by atoms with Crippen LogP contribution in [0.4, 0.5) is 5.69 Å². The summed E-state index contributed by atoms with van der Waals surface area (Å²) < 4.78 is 12.4. The zero-order valence-electron chi connectivity index (χ0n) is 16.2. The Balaban J connectivity index is 1.83. The van der Waals surface area contributed by atoms with E-state index in [9.17, 15) is 20.2 Å². The van der Waals surface area contributed by atoms with Crippen molar-refractivity contribution in [2.75, 3.05) is 14.2 Å². The molecule has 1 aromatic heterocycles. The third-order valence-electron chi connectivity index (χ3n) is 5.08. The molecule has 3 aromatic rings. The van der Waals surface area contributed by atoms with E-state index in [2.05, 4.69) is 11.2 Å². The number of ketones is 1. The van der Waals surface area contributed by atoms with Gasteiger partial charge in [0.25, 0.3) is 5.69 Å². The van der Waals surface area contributed by atoms with Crippen molar-refractivity contribution < 1.29 is 19.2 Å². The molecule has 1 aliphatic rings. The van der Waals surface area contributed by atoms with Gasteiger partial charge in [-0.05, 0) is 36.2 Å². The van der Waals surface area contributed by atoms with Crippen LogP contribution < -0.4 is 9.47 Å². The maximum absolute atomic E-state index is 13.0. The molecule has 4 rings (SSSR count). The van der Waals surface area contributed by atoms with E-state index >= 15 is 0 Å². The molecule has 0 unspecified atom stereocenters. The topological polar surface area (TPSA) is 120 Å². The number of carbonyl (C=O) groups is 1. The summed E-state index contributed by atoms with van der Waals surface area (Å²) >= 11 is 0. The van der Waals surface area contributed by atoms with Gasteiger partial charge in [0.15, 0.2) is 17.2 Å². The minimum absolute atomic E-state index is 0.0176. The van der Waals surface area contributed by atoms with E-state index in [4.69, 9.17) is 9.47 Å². The lowest BCUT2D eigenvalue weighted by Gasteiger charge is -2.20. The van der Waals surface area contributed by atoms with Crippen LogP contribution in [0.3, 0.4) is 0 Å². The van der Waals surface area contributed by atoms with Crippen LogP contribution >= 0.6 is 0 Å². The molecule has 2 heterocycles. The second kappa shape index (κ2) is 7.33. The van der Waals surface area contributed by atoms with E-state index in [1.54, 1.807) is 17.9 Å². The average molecular weight is 404 g/mol. The Labute approximate surface area is 171 Å². The number of carbonyl (C=O) groups excluding carboxylic acids is 1. The van der Waals surface area contributed by atoms with Crippen molar-refractivity contribution in [1.29, 1.82) is 5.26 Å². The first-order valence-electron chi connectivity index (χ1n) is 9.03. The molecule has 0 radical (unpaired) electrons. The molecule has 9 heteroatoms. The van der Waals surface area contributed by atoms with E-state index in [1.807, 2.05) is 6.07 Å². The van der Waals surface area contributed by atoms with Crippen molar-refractivity contribution in [3.63, 3.8) is 0 Å². The van der Waals surface area contributed by atoms with Gasteiger partial charge in [-0.25, -0.2) is 0 Å². The van der Waals surface area contributed by atoms with Crippen LogP contribution in [-0.2, 0) is 13.0 Å². The van der Waals surface area contributed by atoms with Crippen LogP contribution in [0.25, 0.3) is 11.3 Å². The number of methoxy groups -OCH3 is 2. The lowest BCUT2D eigenvalue weighted by molar-refractivity contribution is -0.384. The molecular weight excluding hydrogens is 388 g/mol. The predicted octanol–water partition coefficient (Wildman–Crippen LogP) is 3.13. The highest BCUT2D eigenvalue weighted by molar-refractivity contribution is 6.10. The van der Waals surface area contributed by atoms with Crippen LogP contribution in [0, 0.1) is 21.4 Å². The van der Waals surface area contributed by atoms with E-state index in [1.165, 1.54) is 31.4 Å². The summed E-state index contributed by atoms with van der Waals surface area (Å²) in [4.78, 5) is 23.3. The largest absolute Gasteiger partial charge is 0.493 e. The maximum atomic E-state index is 13.0. The molecule has 0 atom stereocenters. The summed E-state index contributed by atoms with van der Waals surface area (Å²) in [5.41, 5.74) is 2.54. The summed E-state index contributed by atoms with van der Waals surface area (Å²) in [6.45, 7) is 0.500. The number of nitro groups is 1. The summed E-state index contributed by atoms with van der Waals surface area (Å²) in [7, 11) is 3.08. The number of fused-ring (bicyclic) bond motifs is 3.